The molecule has 0 aliphatic carbocycles. The average Bonchev–Trinajstić information content (AvgIpc) is 3.02. The van der Waals surface area contributed by atoms with Crippen LogP contribution < -0.4 is 5.32 Å². The van der Waals surface area contributed by atoms with Crippen LogP contribution in [0.25, 0.3) is 10.1 Å². The number of hydrogen-bond donors (Lipinski definition) is 1. The summed E-state index contributed by atoms with van der Waals surface area (Å²) in [5.41, 5.74) is 2.35. The van der Waals surface area contributed by atoms with Crippen LogP contribution in [0.2, 0.25) is 0 Å². The quantitative estimate of drug-likeness (QED) is 0.695. The molecule has 3 nitrogen and oxygen atoms in total. The summed E-state index contributed by atoms with van der Waals surface area (Å²) in [5.74, 6) is 0.0789. The van der Waals surface area contributed by atoms with Gasteiger partial charge in [0.05, 0.1) is 6.42 Å². The molecule has 3 rings (SSSR count). The molecule has 2 aromatic carbocycles. The Balaban J connectivity index is 1.48. The van der Waals surface area contributed by atoms with Crippen LogP contribution in [0.1, 0.15) is 18.1 Å². The first-order valence-corrected chi connectivity index (χ1v) is 9.46. The van der Waals surface area contributed by atoms with Crippen molar-refractivity contribution in [3.8, 4) is 0 Å². The molecule has 1 N–H and O–H groups in total. The van der Waals surface area contributed by atoms with E-state index in [-0.39, 0.29) is 11.9 Å². The first kappa shape index (κ1) is 17.6. The van der Waals surface area contributed by atoms with Crippen molar-refractivity contribution < 1.29 is 4.79 Å². The average molecular weight is 353 g/mol. The van der Waals surface area contributed by atoms with Gasteiger partial charge < -0.3 is 10.2 Å². The lowest BCUT2D eigenvalue weighted by Gasteiger charge is -2.22. The number of thiophene rings is 1. The minimum atomic E-state index is 0.0789. The van der Waals surface area contributed by atoms with Crippen LogP contribution in [-0.4, -0.2) is 30.4 Å². The Morgan fingerprint density at radius 3 is 2.72 bits per heavy atom. The van der Waals surface area contributed by atoms with Gasteiger partial charge in [-0.3, -0.25) is 4.79 Å². The molecule has 0 radical (unpaired) electrons. The minimum Gasteiger partial charge on any atom is -0.352 e. The third kappa shape index (κ3) is 5.15. The number of fused-ring (bicyclic) bond motifs is 1. The minimum absolute atomic E-state index is 0.0789. The smallest absolute Gasteiger partial charge is 0.224 e. The number of nitrogens with zero attached hydrogens (tertiary/aromatic N) is 1. The number of rotatable bonds is 7. The van der Waals surface area contributed by atoms with E-state index in [4.69, 9.17) is 0 Å². The molecule has 1 aromatic heterocycles. The zero-order valence-electron chi connectivity index (χ0n) is 14.7. The summed E-state index contributed by atoms with van der Waals surface area (Å²) in [6, 6.07) is 18.9. The zero-order valence-corrected chi connectivity index (χ0v) is 15.6. The lowest BCUT2D eigenvalue weighted by Crippen LogP contribution is -2.41. The molecule has 1 amide bonds. The van der Waals surface area contributed by atoms with Crippen LogP contribution in [0.5, 0.6) is 0 Å². The fourth-order valence-corrected chi connectivity index (χ4v) is 3.88. The van der Waals surface area contributed by atoms with Crippen LogP contribution in [0.3, 0.4) is 0 Å². The molecule has 0 aliphatic heterocycles. The van der Waals surface area contributed by atoms with Gasteiger partial charge in [0, 0.05) is 23.8 Å². The van der Waals surface area contributed by atoms with Crippen molar-refractivity contribution in [2.75, 3.05) is 13.6 Å². The molecule has 1 atom stereocenters. The molecular weight excluding hydrogens is 328 g/mol. The summed E-state index contributed by atoms with van der Waals surface area (Å²) in [4.78, 5) is 14.5. The summed E-state index contributed by atoms with van der Waals surface area (Å²) in [7, 11) is 2.08. The van der Waals surface area contributed by atoms with Gasteiger partial charge >= 0.3 is 0 Å². The second kappa shape index (κ2) is 8.28. The number of nitrogens with one attached hydrogen (secondary N) is 1. The van der Waals surface area contributed by atoms with Gasteiger partial charge in [0.2, 0.25) is 5.91 Å². The number of benzene rings is 2. The molecule has 0 unspecified atom stereocenters. The highest BCUT2D eigenvalue weighted by molar-refractivity contribution is 7.17. The van der Waals surface area contributed by atoms with E-state index < -0.39 is 0 Å². The fraction of sp³-hybridized carbons (Fsp3) is 0.286. The van der Waals surface area contributed by atoms with Gasteiger partial charge in [-0.15, -0.1) is 11.3 Å². The van der Waals surface area contributed by atoms with Crippen molar-refractivity contribution in [3.63, 3.8) is 0 Å². The van der Waals surface area contributed by atoms with Crippen LogP contribution in [0.15, 0.2) is 60.0 Å². The summed E-state index contributed by atoms with van der Waals surface area (Å²) < 4.78 is 1.26. The summed E-state index contributed by atoms with van der Waals surface area (Å²) in [6.45, 7) is 3.77. The highest BCUT2D eigenvalue weighted by Crippen LogP contribution is 2.21. The molecule has 0 bridgehead atoms. The monoisotopic (exact) mass is 352 g/mol. The summed E-state index contributed by atoms with van der Waals surface area (Å²) >= 11 is 1.73. The van der Waals surface area contributed by atoms with Crippen molar-refractivity contribution in [1.82, 2.24) is 10.2 Å². The Morgan fingerprint density at radius 1 is 1.12 bits per heavy atom. The molecule has 1 heterocycles. The number of carbonyl (C=O) groups is 1. The number of hydrogen-bond acceptors (Lipinski definition) is 3. The maximum atomic E-state index is 12.3. The van der Waals surface area contributed by atoms with Crippen LogP contribution >= 0.6 is 11.3 Å². The lowest BCUT2D eigenvalue weighted by molar-refractivity contribution is -0.121. The van der Waals surface area contributed by atoms with E-state index in [1.165, 1.54) is 15.6 Å². The fourth-order valence-electron chi connectivity index (χ4n) is 3.11. The maximum Gasteiger partial charge on any atom is 0.224 e. The van der Waals surface area contributed by atoms with Gasteiger partial charge in [-0.25, -0.2) is 0 Å². The predicted octanol–water partition coefficient (Wildman–Crippen LogP) is 4.08. The molecule has 0 spiro atoms. The van der Waals surface area contributed by atoms with Crippen molar-refractivity contribution >= 4 is 27.3 Å². The van der Waals surface area contributed by atoms with Gasteiger partial charge in [-0.1, -0.05) is 36.4 Å². The SMILES string of the molecule is C[C@H](CN(C)Cc1ccccc1)NC(=O)Cc1ccc2sccc2c1. The number of amides is 1. The standard InChI is InChI=1S/C21H24N2OS/c1-16(14-23(2)15-17-6-4-3-5-7-17)22-21(24)13-18-8-9-20-19(12-18)10-11-25-20/h3-12,16H,13-15H2,1-2H3,(H,22,24)/t16-/m1/s1. The summed E-state index contributed by atoms with van der Waals surface area (Å²) in [6.07, 6.45) is 0.429. The van der Waals surface area contributed by atoms with Crippen molar-refractivity contribution in [2.24, 2.45) is 0 Å². The second-order valence-electron chi connectivity index (χ2n) is 6.62. The Morgan fingerprint density at radius 2 is 1.92 bits per heavy atom. The topological polar surface area (TPSA) is 32.3 Å². The molecule has 0 saturated carbocycles. The molecule has 25 heavy (non-hydrogen) atoms. The predicted molar refractivity (Wildman–Crippen MR) is 106 cm³/mol. The number of likely N-dealkylation sites (N-methyl/N-ethyl adjacent to an activating group) is 1. The highest BCUT2D eigenvalue weighted by Gasteiger charge is 2.11. The van der Waals surface area contributed by atoms with E-state index in [1.807, 2.05) is 12.1 Å². The first-order valence-electron chi connectivity index (χ1n) is 8.58. The van der Waals surface area contributed by atoms with Crippen molar-refractivity contribution in [2.45, 2.75) is 25.9 Å². The molecular formula is C21H24N2OS. The third-order valence-corrected chi connectivity index (χ3v) is 5.07. The Bertz CT molecular complexity index is 828. The van der Waals surface area contributed by atoms with Gasteiger partial charge in [-0.2, -0.15) is 0 Å². The second-order valence-corrected chi connectivity index (χ2v) is 7.57. The van der Waals surface area contributed by atoms with Crippen LogP contribution in [-0.2, 0) is 17.8 Å². The molecule has 0 saturated heterocycles. The first-order chi connectivity index (χ1) is 12.1. The zero-order chi connectivity index (χ0) is 17.6. The lowest BCUT2D eigenvalue weighted by atomic mass is 10.1. The van der Waals surface area contributed by atoms with E-state index in [2.05, 4.69) is 72.0 Å². The normalized spacial score (nSPS) is 12.4. The Hall–Kier alpha value is -2.17. The maximum absolute atomic E-state index is 12.3. The largest absolute Gasteiger partial charge is 0.352 e. The molecule has 0 fully saturated rings. The summed E-state index contributed by atoms with van der Waals surface area (Å²) in [5, 5.41) is 6.41. The van der Waals surface area contributed by atoms with Gasteiger partial charge in [0.25, 0.3) is 0 Å². The molecule has 4 heteroatoms. The van der Waals surface area contributed by atoms with Crippen molar-refractivity contribution in [3.05, 3.63) is 71.1 Å². The van der Waals surface area contributed by atoms with E-state index in [0.717, 1.165) is 18.7 Å². The van der Waals surface area contributed by atoms with Crippen molar-refractivity contribution in [1.29, 1.82) is 0 Å². The molecule has 0 aliphatic rings. The number of carbonyl (C=O) groups excluding carboxylic acids is 1. The van der Waals surface area contributed by atoms with E-state index in [9.17, 15) is 4.79 Å². The van der Waals surface area contributed by atoms with E-state index in [1.54, 1.807) is 11.3 Å². The van der Waals surface area contributed by atoms with Gasteiger partial charge in [0.15, 0.2) is 0 Å². The van der Waals surface area contributed by atoms with Gasteiger partial charge in [0.1, 0.15) is 0 Å². The molecule has 130 valence electrons. The Labute approximate surface area is 153 Å². The van der Waals surface area contributed by atoms with Gasteiger partial charge in [-0.05, 0) is 54.1 Å². The van der Waals surface area contributed by atoms with E-state index in [0.29, 0.717) is 6.42 Å². The highest BCUT2D eigenvalue weighted by atomic mass is 32.1. The van der Waals surface area contributed by atoms with Crippen LogP contribution in [0.4, 0.5) is 0 Å². The van der Waals surface area contributed by atoms with Crippen LogP contribution in [0, 0.1) is 0 Å². The Kier molecular flexibility index (Phi) is 5.84. The molecule has 3 aromatic rings. The third-order valence-electron chi connectivity index (χ3n) is 4.17. The van der Waals surface area contributed by atoms with E-state index >= 15 is 0 Å².